The lowest BCUT2D eigenvalue weighted by atomic mass is 10.0. The van der Waals surface area contributed by atoms with E-state index in [9.17, 15) is 23.4 Å². The van der Waals surface area contributed by atoms with E-state index in [2.05, 4.69) is 25.0 Å². The van der Waals surface area contributed by atoms with Crippen LogP contribution in [-0.2, 0) is 23.2 Å². The molecule has 4 rings (SSSR count). The first-order valence-electron chi connectivity index (χ1n) is 12.5. The van der Waals surface area contributed by atoms with Gasteiger partial charge in [0.25, 0.3) is 0 Å². The van der Waals surface area contributed by atoms with Crippen LogP contribution in [0.15, 0.2) is 84.9 Å². The van der Waals surface area contributed by atoms with Crippen LogP contribution in [0.1, 0.15) is 16.7 Å². The van der Waals surface area contributed by atoms with Crippen LogP contribution in [0.2, 0.25) is 25.7 Å². The van der Waals surface area contributed by atoms with Crippen molar-refractivity contribution in [2.24, 2.45) is 0 Å². The molecule has 1 aliphatic rings. The molecule has 0 radical (unpaired) electrons. The Kier molecular flexibility index (Phi) is 8.21. The number of hydrogen-bond donors (Lipinski definition) is 3. The number of benzene rings is 3. The maximum atomic E-state index is 13.5. The molecule has 3 N–H and O–H groups in total. The summed E-state index contributed by atoms with van der Waals surface area (Å²) in [5.41, 5.74) is 3.19. The molecule has 0 saturated heterocycles. The number of para-hydroxylation sites is 1. The van der Waals surface area contributed by atoms with E-state index >= 15 is 0 Å². The van der Waals surface area contributed by atoms with Gasteiger partial charge < -0.3 is 14.9 Å². The second-order valence-corrected chi connectivity index (χ2v) is 17.9. The lowest BCUT2D eigenvalue weighted by molar-refractivity contribution is 0.209. The van der Waals surface area contributed by atoms with Gasteiger partial charge in [-0.15, -0.1) is 0 Å². The van der Waals surface area contributed by atoms with E-state index in [-0.39, 0.29) is 24.7 Å². The third-order valence-electron chi connectivity index (χ3n) is 6.23. The van der Waals surface area contributed by atoms with Gasteiger partial charge in [-0.05, 0) is 47.4 Å². The number of nitrogens with one attached hydrogen (secondary N) is 1. The maximum Gasteiger partial charge on any atom is 0.409 e. The molecule has 0 atom stereocenters. The fourth-order valence-corrected chi connectivity index (χ4v) is 6.66. The molecule has 0 aliphatic carbocycles. The summed E-state index contributed by atoms with van der Waals surface area (Å²) in [5, 5.41) is 22.2. The summed E-state index contributed by atoms with van der Waals surface area (Å²) in [6.07, 6.45) is 0.430. The highest BCUT2D eigenvalue weighted by Gasteiger charge is 2.39. The predicted molar refractivity (Wildman–Crippen MR) is 155 cm³/mol. The molecule has 9 nitrogen and oxygen atoms in total. The van der Waals surface area contributed by atoms with Gasteiger partial charge in [-0.3, -0.25) is 5.32 Å². The van der Waals surface area contributed by atoms with E-state index in [4.69, 9.17) is 4.74 Å². The van der Waals surface area contributed by atoms with Crippen molar-refractivity contribution in [2.45, 2.75) is 38.7 Å². The number of carboxylic acid groups (broad SMARTS) is 1. The van der Waals surface area contributed by atoms with Crippen molar-refractivity contribution in [3.8, 4) is 5.75 Å². The van der Waals surface area contributed by atoms with Crippen molar-refractivity contribution in [2.75, 3.05) is 16.2 Å². The fourth-order valence-electron chi connectivity index (χ4n) is 4.15. The zero-order valence-corrected chi connectivity index (χ0v) is 24.0. The van der Waals surface area contributed by atoms with Gasteiger partial charge in [-0.2, -0.15) is 8.42 Å². The topological polar surface area (TPSA) is 119 Å². The standard InChI is InChI=1S/C28H33N3O6SSi/c1-39(2,3)16-15-30-27(32)19-31(38(30,35)36)25-14-13-22(17-23-11-7-8-12-24(23)29-28(33)34)18-26(25)37-20-21-9-5-4-6-10-21/h4-14,18-19,29,32H,15-17,20H2,1-3H3,(H,33,34). The number of hydrogen-bond acceptors (Lipinski definition) is 5. The number of amides is 1. The summed E-state index contributed by atoms with van der Waals surface area (Å²) in [5.74, 6) is -0.0142. The molecular weight excluding hydrogens is 534 g/mol. The van der Waals surface area contributed by atoms with Gasteiger partial charge in [0.1, 0.15) is 18.0 Å². The molecule has 206 valence electrons. The Hall–Kier alpha value is -3.96. The van der Waals surface area contributed by atoms with Crippen LogP contribution >= 0.6 is 0 Å². The number of rotatable bonds is 10. The van der Waals surface area contributed by atoms with Gasteiger partial charge in [0.15, 0.2) is 0 Å². The highest BCUT2D eigenvalue weighted by atomic mass is 32.2. The van der Waals surface area contributed by atoms with E-state index < -0.39 is 24.4 Å². The zero-order valence-electron chi connectivity index (χ0n) is 22.2. The molecule has 1 heterocycles. The third kappa shape index (κ3) is 6.92. The number of anilines is 2. The minimum atomic E-state index is -4.06. The molecule has 0 saturated carbocycles. The van der Waals surface area contributed by atoms with E-state index in [1.165, 1.54) is 6.20 Å². The molecule has 0 spiro atoms. The number of ether oxygens (including phenoxy) is 1. The van der Waals surface area contributed by atoms with Crippen LogP contribution < -0.4 is 14.4 Å². The van der Waals surface area contributed by atoms with Crippen LogP contribution in [0.3, 0.4) is 0 Å². The Morgan fingerprint density at radius 1 is 0.974 bits per heavy atom. The smallest absolute Gasteiger partial charge is 0.409 e. The fraction of sp³-hybridized carbons (Fsp3) is 0.250. The Bertz CT molecular complexity index is 1470. The van der Waals surface area contributed by atoms with Gasteiger partial charge in [0.2, 0.25) is 5.88 Å². The summed E-state index contributed by atoms with van der Waals surface area (Å²) in [6.45, 7) is 6.84. The molecule has 1 amide bonds. The van der Waals surface area contributed by atoms with E-state index in [0.717, 1.165) is 25.3 Å². The van der Waals surface area contributed by atoms with Crippen molar-refractivity contribution in [3.05, 3.63) is 102 Å². The summed E-state index contributed by atoms with van der Waals surface area (Å²) >= 11 is 0. The second kappa shape index (κ2) is 11.4. The number of aliphatic hydroxyl groups is 1. The van der Waals surface area contributed by atoms with Crippen molar-refractivity contribution in [1.82, 2.24) is 4.31 Å². The summed E-state index contributed by atoms with van der Waals surface area (Å²) in [7, 11) is -5.63. The van der Waals surface area contributed by atoms with E-state index in [1.54, 1.807) is 30.3 Å². The molecule has 3 aromatic carbocycles. The number of aliphatic hydroxyl groups excluding tert-OH is 1. The zero-order chi connectivity index (χ0) is 28.2. The van der Waals surface area contributed by atoms with Crippen molar-refractivity contribution >= 4 is 35.8 Å². The highest BCUT2D eigenvalue weighted by Crippen LogP contribution is 2.38. The summed E-state index contributed by atoms with van der Waals surface area (Å²) in [6, 6.07) is 22.4. The molecule has 3 aromatic rings. The number of carbonyl (C=O) groups is 1. The minimum absolute atomic E-state index is 0.197. The Morgan fingerprint density at radius 2 is 1.67 bits per heavy atom. The molecule has 1 aliphatic heterocycles. The van der Waals surface area contributed by atoms with Crippen LogP contribution in [-0.4, -0.2) is 43.6 Å². The second-order valence-electron chi connectivity index (χ2n) is 10.5. The molecule has 0 aromatic heterocycles. The SMILES string of the molecule is C[Si](C)(C)CCN1C(O)=CN(c2ccc(Cc3ccccc3NC(=O)O)cc2OCc2ccccc2)S1(=O)=O. The van der Waals surface area contributed by atoms with E-state index in [1.807, 2.05) is 42.5 Å². The average Bonchev–Trinajstić information content (AvgIpc) is 3.10. The molecule has 11 heteroatoms. The summed E-state index contributed by atoms with van der Waals surface area (Å²) < 4.78 is 35.2. The van der Waals surface area contributed by atoms with Crippen LogP contribution in [0.4, 0.5) is 16.2 Å². The quantitative estimate of drug-likeness (QED) is 0.258. The maximum absolute atomic E-state index is 13.5. The normalized spacial score (nSPS) is 14.7. The van der Waals surface area contributed by atoms with E-state index in [0.29, 0.717) is 23.9 Å². The average molecular weight is 568 g/mol. The van der Waals surface area contributed by atoms with Gasteiger partial charge in [-0.25, -0.2) is 13.4 Å². The third-order valence-corrected chi connectivity index (χ3v) is 9.68. The Labute approximate surface area is 230 Å². The molecule has 0 fully saturated rings. The van der Waals surface area contributed by atoms with Crippen molar-refractivity contribution in [3.63, 3.8) is 0 Å². The summed E-state index contributed by atoms with van der Waals surface area (Å²) in [4.78, 5) is 11.2. The molecule has 39 heavy (non-hydrogen) atoms. The van der Waals surface area contributed by atoms with Gasteiger partial charge in [-0.1, -0.05) is 74.2 Å². The lowest BCUT2D eigenvalue weighted by Gasteiger charge is -2.25. The predicted octanol–water partition coefficient (Wildman–Crippen LogP) is 6.01. The van der Waals surface area contributed by atoms with Gasteiger partial charge in [0, 0.05) is 20.3 Å². The Morgan fingerprint density at radius 3 is 2.36 bits per heavy atom. The Balaban J connectivity index is 1.68. The van der Waals surface area contributed by atoms with Gasteiger partial charge in [0.05, 0.1) is 6.20 Å². The number of nitrogens with zero attached hydrogens (tertiary/aromatic N) is 2. The van der Waals surface area contributed by atoms with Crippen molar-refractivity contribution < 1.29 is 28.2 Å². The molecular formula is C28H33N3O6SSi. The van der Waals surface area contributed by atoms with Crippen LogP contribution in [0, 0.1) is 0 Å². The highest BCUT2D eigenvalue weighted by molar-refractivity contribution is 7.91. The first-order chi connectivity index (χ1) is 18.4. The molecule has 0 bridgehead atoms. The van der Waals surface area contributed by atoms with Crippen LogP contribution in [0.5, 0.6) is 5.75 Å². The van der Waals surface area contributed by atoms with Gasteiger partial charge >= 0.3 is 16.3 Å². The van der Waals surface area contributed by atoms with Crippen molar-refractivity contribution in [1.29, 1.82) is 0 Å². The lowest BCUT2D eigenvalue weighted by Crippen LogP contribution is -2.37. The van der Waals surface area contributed by atoms with Crippen LogP contribution in [0.25, 0.3) is 0 Å². The first kappa shape index (κ1) is 28.1. The monoisotopic (exact) mass is 567 g/mol. The largest absolute Gasteiger partial charge is 0.493 e. The first-order valence-corrected chi connectivity index (χ1v) is 17.6. The minimum Gasteiger partial charge on any atom is -0.493 e. The molecule has 0 unspecified atom stereocenters.